The van der Waals surface area contributed by atoms with Gasteiger partial charge < -0.3 is 5.11 Å². The lowest BCUT2D eigenvalue weighted by atomic mass is 9.73. The highest BCUT2D eigenvalue weighted by Gasteiger charge is 2.50. The van der Waals surface area contributed by atoms with Gasteiger partial charge in [0, 0.05) is 17.3 Å². The van der Waals surface area contributed by atoms with E-state index in [2.05, 4.69) is 10.2 Å². The Hall–Kier alpha value is -4.26. The maximum absolute atomic E-state index is 13.7. The summed E-state index contributed by atoms with van der Waals surface area (Å²) in [4.78, 5) is 27.4. The van der Waals surface area contributed by atoms with E-state index in [4.69, 9.17) is 0 Å². The Balaban J connectivity index is 1.57. The van der Waals surface area contributed by atoms with Crippen LogP contribution in [0.5, 0.6) is 5.75 Å². The third kappa shape index (κ3) is 3.65. The highest BCUT2D eigenvalue weighted by Crippen LogP contribution is 2.42. The van der Waals surface area contributed by atoms with E-state index >= 15 is 0 Å². The third-order valence-electron chi connectivity index (χ3n) is 6.36. The maximum atomic E-state index is 13.7. The highest BCUT2D eigenvalue weighted by molar-refractivity contribution is 6.19. The summed E-state index contributed by atoms with van der Waals surface area (Å²) in [5.74, 6) is -2.11. The Morgan fingerprint density at radius 2 is 1.09 bits per heavy atom. The standard InChI is InChI=1S/C27H24N4O3/c1-17-23(26(33)30(28-17)20-9-5-3-6-10-20)25(19-13-15-22(32)16-14-19)24-18(2)29-31(27(24)34)21-11-7-4-8-12-21/h3-16,23-25,32H,1-2H3/t23-,24-/m1/s1. The zero-order valence-electron chi connectivity index (χ0n) is 18.9. The second-order valence-corrected chi connectivity index (χ2v) is 8.53. The highest BCUT2D eigenvalue weighted by atomic mass is 16.3. The number of rotatable bonds is 5. The fourth-order valence-electron chi connectivity index (χ4n) is 4.77. The molecular weight excluding hydrogens is 428 g/mol. The molecule has 0 aliphatic carbocycles. The fourth-order valence-corrected chi connectivity index (χ4v) is 4.77. The largest absolute Gasteiger partial charge is 0.508 e. The van der Waals surface area contributed by atoms with Crippen molar-refractivity contribution in [2.45, 2.75) is 19.8 Å². The van der Waals surface area contributed by atoms with Crippen LogP contribution in [0, 0.1) is 11.8 Å². The minimum absolute atomic E-state index is 0.116. The molecule has 0 spiro atoms. The number of para-hydroxylation sites is 2. The molecule has 2 atom stereocenters. The van der Waals surface area contributed by atoms with Crippen LogP contribution in [-0.2, 0) is 9.59 Å². The number of nitrogens with zero attached hydrogens (tertiary/aromatic N) is 4. The molecule has 3 aromatic rings. The summed E-state index contributed by atoms with van der Waals surface area (Å²) >= 11 is 0. The quantitative estimate of drug-likeness (QED) is 0.616. The number of benzene rings is 3. The smallest absolute Gasteiger partial charge is 0.256 e. The normalized spacial score (nSPS) is 20.2. The first kappa shape index (κ1) is 21.6. The molecule has 5 rings (SSSR count). The van der Waals surface area contributed by atoms with Crippen molar-refractivity contribution in [3.05, 3.63) is 90.5 Å². The van der Waals surface area contributed by atoms with E-state index in [0.717, 1.165) is 5.56 Å². The molecule has 0 unspecified atom stereocenters. The summed E-state index contributed by atoms with van der Waals surface area (Å²) < 4.78 is 0. The zero-order chi connectivity index (χ0) is 23.8. The van der Waals surface area contributed by atoms with Crippen molar-refractivity contribution in [2.75, 3.05) is 10.0 Å². The van der Waals surface area contributed by atoms with E-state index in [-0.39, 0.29) is 17.6 Å². The van der Waals surface area contributed by atoms with Crippen molar-refractivity contribution in [3.8, 4) is 5.75 Å². The summed E-state index contributed by atoms with van der Waals surface area (Å²) in [6, 6.07) is 25.2. The average Bonchev–Trinajstić information content (AvgIpc) is 3.32. The predicted octanol–water partition coefficient (Wildman–Crippen LogP) is 4.55. The molecule has 0 radical (unpaired) electrons. The van der Waals surface area contributed by atoms with Gasteiger partial charge in [0.25, 0.3) is 11.8 Å². The van der Waals surface area contributed by atoms with Gasteiger partial charge in [0.1, 0.15) is 5.75 Å². The van der Waals surface area contributed by atoms with Crippen LogP contribution in [0.2, 0.25) is 0 Å². The number of hydrazone groups is 2. The van der Waals surface area contributed by atoms with Crippen molar-refractivity contribution in [1.82, 2.24) is 0 Å². The Labute approximate surface area is 197 Å². The Morgan fingerprint density at radius 3 is 1.50 bits per heavy atom. The van der Waals surface area contributed by atoms with Gasteiger partial charge >= 0.3 is 0 Å². The first-order valence-corrected chi connectivity index (χ1v) is 11.1. The van der Waals surface area contributed by atoms with Crippen molar-refractivity contribution >= 4 is 34.6 Å². The zero-order valence-corrected chi connectivity index (χ0v) is 18.9. The first-order valence-electron chi connectivity index (χ1n) is 11.1. The van der Waals surface area contributed by atoms with E-state index < -0.39 is 17.8 Å². The molecule has 0 aromatic heterocycles. The lowest BCUT2D eigenvalue weighted by Crippen LogP contribution is -2.40. The van der Waals surface area contributed by atoms with Gasteiger partial charge in [-0.15, -0.1) is 0 Å². The van der Waals surface area contributed by atoms with E-state index in [9.17, 15) is 14.7 Å². The van der Waals surface area contributed by atoms with E-state index in [1.54, 1.807) is 24.3 Å². The minimum Gasteiger partial charge on any atom is -0.508 e. The molecular formula is C27H24N4O3. The first-order chi connectivity index (χ1) is 16.5. The average molecular weight is 453 g/mol. The molecule has 0 fully saturated rings. The summed E-state index contributed by atoms with van der Waals surface area (Å²) in [5.41, 5.74) is 3.38. The molecule has 2 amide bonds. The molecule has 34 heavy (non-hydrogen) atoms. The van der Waals surface area contributed by atoms with Crippen LogP contribution in [0.25, 0.3) is 0 Å². The molecule has 7 nitrogen and oxygen atoms in total. The number of aromatic hydroxyl groups is 1. The Bertz CT molecular complexity index is 1210. The van der Waals surface area contributed by atoms with Gasteiger partial charge in [-0.3, -0.25) is 9.59 Å². The second kappa shape index (κ2) is 8.59. The third-order valence-corrected chi connectivity index (χ3v) is 6.36. The van der Waals surface area contributed by atoms with E-state index in [0.29, 0.717) is 22.8 Å². The molecule has 1 N–H and O–H groups in total. The molecule has 0 bridgehead atoms. The number of carbonyl (C=O) groups excluding carboxylic acids is 2. The second-order valence-electron chi connectivity index (χ2n) is 8.53. The molecule has 2 aliphatic heterocycles. The lowest BCUT2D eigenvalue weighted by Gasteiger charge is -2.28. The Morgan fingerprint density at radius 1 is 0.676 bits per heavy atom. The van der Waals surface area contributed by atoms with Gasteiger partial charge in [-0.2, -0.15) is 10.2 Å². The van der Waals surface area contributed by atoms with Crippen LogP contribution in [0.3, 0.4) is 0 Å². The Kier molecular flexibility index (Phi) is 5.45. The number of phenolic OH excluding ortho intramolecular Hbond substituents is 1. The number of anilines is 2. The summed E-state index contributed by atoms with van der Waals surface area (Å²) in [6.45, 7) is 3.64. The number of phenols is 1. The van der Waals surface area contributed by atoms with E-state index in [1.165, 1.54) is 10.0 Å². The molecule has 0 saturated heterocycles. The van der Waals surface area contributed by atoms with Gasteiger partial charge in [0.2, 0.25) is 0 Å². The number of amides is 2. The van der Waals surface area contributed by atoms with Gasteiger partial charge in [0.15, 0.2) is 0 Å². The molecule has 0 saturated carbocycles. The number of carbonyl (C=O) groups is 2. The summed E-state index contributed by atoms with van der Waals surface area (Å²) in [7, 11) is 0. The van der Waals surface area contributed by atoms with Gasteiger partial charge in [0.05, 0.1) is 23.2 Å². The van der Waals surface area contributed by atoms with Crippen molar-refractivity contribution in [1.29, 1.82) is 0 Å². The van der Waals surface area contributed by atoms with E-state index in [1.807, 2.05) is 74.5 Å². The number of hydrogen-bond acceptors (Lipinski definition) is 5. The molecule has 2 aliphatic rings. The van der Waals surface area contributed by atoms with Crippen LogP contribution < -0.4 is 10.0 Å². The summed E-state index contributed by atoms with van der Waals surface area (Å²) in [5, 5.41) is 21.8. The molecule has 3 aromatic carbocycles. The van der Waals surface area contributed by atoms with Crippen LogP contribution in [-0.4, -0.2) is 28.3 Å². The SMILES string of the molecule is CC1=NN(c2ccccc2)C(=O)[C@H]1C(c1ccc(O)cc1)[C@@H]1C(=O)N(c2ccccc2)N=C1C. The minimum atomic E-state index is -0.653. The fraction of sp³-hybridized carbons (Fsp3) is 0.185. The molecule has 2 heterocycles. The van der Waals surface area contributed by atoms with Crippen LogP contribution in [0.15, 0.2) is 95.1 Å². The van der Waals surface area contributed by atoms with Crippen LogP contribution in [0.4, 0.5) is 11.4 Å². The lowest BCUT2D eigenvalue weighted by molar-refractivity contribution is -0.122. The predicted molar refractivity (Wildman–Crippen MR) is 132 cm³/mol. The molecule has 170 valence electrons. The van der Waals surface area contributed by atoms with Crippen molar-refractivity contribution < 1.29 is 14.7 Å². The van der Waals surface area contributed by atoms with Gasteiger partial charge in [-0.05, 0) is 55.8 Å². The van der Waals surface area contributed by atoms with Gasteiger partial charge in [-0.1, -0.05) is 48.5 Å². The van der Waals surface area contributed by atoms with Gasteiger partial charge in [-0.25, -0.2) is 10.0 Å². The van der Waals surface area contributed by atoms with Crippen LogP contribution in [0.1, 0.15) is 25.3 Å². The monoisotopic (exact) mass is 452 g/mol. The maximum Gasteiger partial charge on any atom is 0.256 e. The van der Waals surface area contributed by atoms with Crippen molar-refractivity contribution in [2.24, 2.45) is 22.0 Å². The summed E-state index contributed by atoms with van der Waals surface area (Å²) in [6.07, 6.45) is 0. The topological polar surface area (TPSA) is 85.6 Å². The number of hydrogen-bond donors (Lipinski definition) is 1. The molecule has 7 heteroatoms. The van der Waals surface area contributed by atoms with Crippen LogP contribution >= 0.6 is 0 Å². The van der Waals surface area contributed by atoms with Crippen molar-refractivity contribution in [3.63, 3.8) is 0 Å².